The minimum Gasteiger partial charge on any atom is -0.483 e. The van der Waals surface area contributed by atoms with Gasteiger partial charge < -0.3 is 18.9 Å². The van der Waals surface area contributed by atoms with Crippen molar-refractivity contribution in [3.63, 3.8) is 0 Å². The quantitative estimate of drug-likeness (QED) is 0.534. The van der Waals surface area contributed by atoms with E-state index in [1.165, 1.54) is 6.20 Å². The molecule has 168 valence electrons. The molecule has 2 aromatic carbocycles. The Bertz CT molecular complexity index is 1220. The summed E-state index contributed by atoms with van der Waals surface area (Å²) in [5, 5.41) is 9.61. The van der Waals surface area contributed by atoms with E-state index in [2.05, 4.69) is 0 Å². The summed E-state index contributed by atoms with van der Waals surface area (Å²) < 4.78 is 12.9. The molecule has 0 bridgehead atoms. The van der Waals surface area contributed by atoms with Gasteiger partial charge in [-0.05, 0) is 17.5 Å². The van der Waals surface area contributed by atoms with E-state index in [0.29, 0.717) is 26.1 Å². The van der Waals surface area contributed by atoms with Crippen LogP contribution in [0.4, 0.5) is 0 Å². The number of ether oxygens (including phenoxy) is 2. The van der Waals surface area contributed by atoms with Gasteiger partial charge in [0.25, 0.3) is 5.91 Å². The first-order valence-electron chi connectivity index (χ1n) is 10.8. The van der Waals surface area contributed by atoms with Crippen LogP contribution in [0.25, 0.3) is 0 Å². The smallest absolute Gasteiger partial charge is 0.274 e. The van der Waals surface area contributed by atoms with Crippen LogP contribution >= 0.6 is 0 Å². The molecule has 1 amide bonds. The molecule has 1 atom stereocenters. The Morgan fingerprint density at radius 3 is 2.33 bits per heavy atom. The lowest BCUT2D eigenvalue weighted by Gasteiger charge is -2.37. The Kier molecular flexibility index (Phi) is 6.86. The summed E-state index contributed by atoms with van der Waals surface area (Å²) in [5.41, 5.74) is 1.52. The molecule has 3 aromatic rings. The SMILES string of the molecule is COCCN1C[C@H](Cc2ccccc2)n2cc(C#N)c(=O)c(OCc3ccccc3)c2C1=O. The van der Waals surface area contributed by atoms with Crippen LogP contribution < -0.4 is 10.2 Å². The van der Waals surface area contributed by atoms with Crippen molar-refractivity contribution in [1.29, 1.82) is 5.26 Å². The molecule has 4 rings (SSSR count). The largest absolute Gasteiger partial charge is 0.483 e. The van der Waals surface area contributed by atoms with Gasteiger partial charge in [-0.15, -0.1) is 0 Å². The lowest BCUT2D eigenvalue weighted by molar-refractivity contribution is 0.0589. The Hall–Kier alpha value is -3.89. The van der Waals surface area contributed by atoms with E-state index in [4.69, 9.17) is 9.47 Å². The molecule has 0 radical (unpaired) electrons. The summed E-state index contributed by atoms with van der Waals surface area (Å²) in [6.07, 6.45) is 2.13. The monoisotopic (exact) mass is 443 g/mol. The van der Waals surface area contributed by atoms with E-state index in [0.717, 1.165) is 11.1 Å². The molecule has 33 heavy (non-hydrogen) atoms. The standard InChI is InChI=1S/C26H25N3O4/c1-32-13-12-28-17-22(14-19-8-4-2-5-9-19)29-16-21(15-27)24(30)25(23(29)26(28)31)33-18-20-10-6-3-7-11-20/h2-11,16,22H,12-14,17-18H2,1H3/t22-/m0/s1. The number of hydrogen-bond acceptors (Lipinski definition) is 5. The lowest BCUT2D eigenvalue weighted by Crippen LogP contribution is -2.46. The van der Waals surface area contributed by atoms with E-state index in [1.54, 1.807) is 16.6 Å². The number of fused-ring (bicyclic) bond motifs is 1. The highest BCUT2D eigenvalue weighted by Gasteiger charge is 2.35. The number of aromatic nitrogens is 1. The van der Waals surface area contributed by atoms with Gasteiger partial charge >= 0.3 is 0 Å². The van der Waals surface area contributed by atoms with Crippen molar-refractivity contribution in [2.45, 2.75) is 19.1 Å². The number of amides is 1. The molecular weight excluding hydrogens is 418 g/mol. The van der Waals surface area contributed by atoms with Gasteiger partial charge in [-0.25, -0.2) is 0 Å². The molecule has 0 N–H and O–H groups in total. The van der Waals surface area contributed by atoms with E-state index in [1.807, 2.05) is 66.7 Å². The lowest BCUT2D eigenvalue weighted by atomic mass is 10.0. The Balaban J connectivity index is 1.79. The van der Waals surface area contributed by atoms with Crippen LogP contribution in [0.1, 0.15) is 33.2 Å². The van der Waals surface area contributed by atoms with Crippen LogP contribution in [0, 0.1) is 11.3 Å². The highest BCUT2D eigenvalue weighted by Crippen LogP contribution is 2.29. The number of nitriles is 1. The third-order valence-corrected chi connectivity index (χ3v) is 5.73. The van der Waals surface area contributed by atoms with Crippen molar-refractivity contribution in [2.24, 2.45) is 0 Å². The van der Waals surface area contributed by atoms with Crippen LogP contribution in [0.15, 0.2) is 71.7 Å². The predicted octanol–water partition coefficient (Wildman–Crippen LogP) is 3.18. The molecule has 7 heteroatoms. The van der Waals surface area contributed by atoms with Gasteiger partial charge in [-0.1, -0.05) is 60.7 Å². The second kappa shape index (κ2) is 10.2. The maximum atomic E-state index is 13.5. The zero-order chi connectivity index (χ0) is 23.2. The molecule has 0 saturated heterocycles. The summed E-state index contributed by atoms with van der Waals surface area (Å²) in [5.74, 6) is -0.385. The fourth-order valence-corrected chi connectivity index (χ4v) is 4.07. The Morgan fingerprint density at radius 1 is 1.03 bits per heavy atom. The summed E-state index contributed by atoms with van der Waals surface area (Å²) in [6.45, 7) is 1.33. The van der Waals surface area contributed by atoms with Crippen LogP contribution in [0.5, 0.6) is 5.75 Å². The van der Waals surface area contributed by atoms with Crippen molar-refractivity contribution >= 4 is 5.91 Å². The molecule has 0 unspecified atom stereocenters. The molecule has 0 aliphatic carbocycles. The van der Waals surface area contributed by atoms with E-state index in [9.17, 15) is 14.9 Å². The summed E-state index contributed by atoms with van der Waals surface area (Å²) in [4.78, 5) is 28.2. The number of carbonyl (C=O) groups is 1. The van der Waals surface area contributed by atoms with Crippen LogP contribution in [0.2, 0.25) is 0 Å². The number of pyridine rings is 1. The molecule has 1 aliphatic rings. The second-order valence-electron chi connectivity index (χ2n) is 7.93. The van der Waals surface area contributed by atoms with E-state index < -0.39 is 5.43 Å². The van der Waals surface area contributed by atoms with Gasteiger partial charge in [-0.2, -0.15) is 5.26 Å². The number of rotatable bonds is 8. The highest BCUT2D eigenvalue weighted by molar-refractivity contribution is 5.96. The zero-order valence-corrected chi connectivity index (χ0v) is 18.4. The van der Waals surface area contributed by atoms with Gasteiger partial charge in [-0.3, -0.25) is 9.59 Å². The van der Waals surface area contributed by atoms with Gasteiger partial charge in [0.05, 0.1) is 12.6 Å². The average Bonchev–Trinajstić information content (AvgIpc) is 2.85. The van der Waals surface area contributed by atoms with Crippen molar-refractivity contribution < 1.29 is 14.3 Å². The Morgan fingerprint density at radius 2 is 1.70 bits per heavy atom. The first-order chi connectivity index (χ1) is 16.1. The van der Waals surface area contributed by atoms with Gasteiger partial charge in [0, 0.05) is 26.4 Å². The van der Waals surface area contributed by atoms with E-state index in [-0.39, 0.29) is 35.6 Å². The number of benzene rings is 2. The highest BCUT2D eigenvalue weighted by atomic mass is 16.5. The number of hydrogen-bond donors (Lipinski definition) is 0. The predicted molar refractivity (Wildman–Crippen MR) is 123 cm³/mol. The number of nitrogens with zero attached hydrogens (tertiary/aromatic N) is 3. The van der Waals surface area contributed by atoms with Crippen LogP contribution in [0.3, 0.4) is 0 Å². The van der Waals surface area contributed by atoms with Gasteiger partial charge in [0.1, 0.15) is 18.2 Å². The number of carbonyl (C=O) groups excluding carboxylic acids is 1. The van der Waals surface area contributed by atoms with Gasteiger partial charge in [0.2, 0.25) is 5.43 Å². The molecular formula is C26H25N3O4. The Labute approximate surface area is 192 Å². The first kappa shape index (κ1) is 22.3. The molecule has 1 aromatic heterocycles. The van der Waals surface area contributed by atoms with Crippen molar-refractivity contribution in [3.05, 3.63) is 99.5 Å². The summed E-state index contributed by atoms with van der Waals surface area (Å²) >= 11 is 0. The normalized spacial score (nSPS) is 15.1. The third-order valence-electron chi connectivity index (χ3n) is 5.73. The molecule has 0 saturated carbocycles. The molecule has 7 nitrogen and oxygen atoms in total. The van der Waals surface area contributed by atoms with Crippen LogP contribution in [-0.2, 0) is 17.8 Å². The van der Waals surface area contributed by atoms with E-state index >= 15 is 0 Å². The third kappa shape index (κ3) is 4.81. The fraction of sp³-hybridized carbons (Fsp3) is 0.269. The van der Waals surface area contributed by atoms with Crippen LogP contribution in [-0.4, -0.2) is 42.2 Å². The van der Waals surface area contributed by atoms with Crippen molar-refractivity contribution in [2.75, 3.05) is 26.8 Å². The topological polar surface area (TPSA) is 84.6 Å². The fourth-order valence-electron chi connectivity index (χ4n) is 4.07. The van der Waals surface area contributed by atoms with Crippen molar-refractivity contribution in [1.82, 2.24) is 9.47 Å². The maximum Gasteiger partial charge on any atom is 0.274 e. The first-order valence-corrected chi connectivity index (χ1v) is 10.8. The molecule has 0 spiro atoms. The summed E-state index contributed by atoms with van der Waals surface area (Å²) in [7, 11) is 1.59. The molecule has 2 heterocycles. The maximum absolute atomic E-state index is 13.5. The zero-order valence-electron chi connectivity index (χ0n) is 18.4. The second-order valence-corrected chi connectivity index (χ2v) is 7.93. The minimum atomic E-state index is -0.569. The summed E-state index contributed by atoms with van der Waals surface area (Å²) in [6, 6.07) is 21.1. The van der Waals surface area contributed by atoms with Crippen molar-refractivity contribution in [3.8, 4) is 11.8 Å². The number of methoxy groups -OCH3 is 1. The van der Waals surface area contributed by atoms with Gasteiger partial charge in [0.15, 0.2) is 11.4 Å². The molecule has 0 fully saturated rings. The molecule has 1 aliphatic heterocycles. The minimum absolute atomic E-state index is 0.0435. The average molecular weight is 444 g/mol.